The van der Waals surface area contributed by atoms with Crippen LogP contribution in [0.3, 0.4) is 0 Å². The molecule has 5 heteroatoms. The Labute approximate surface area is 95.0 Å². The lowest BCUT2D eigenvalue weighted by Gasteiger charge is -2.35. The third kappa shape index (κ3) is 1.87. The normalized spacial score (nSPS) is 30.3. The zero-order valence-electron chi connectivity index (χ0n) is 9.81. The average Bonchev–Trinajstić information content (AvgIpc) is 2.63. The van der Waals surface area contributed by atoms with Gasteiger partial charge in [-0.05, 0) is 18.8 Å². The Balaban J connectivity index is 2.24. The van der Waals surface area contributed by atoms with Crippen LogP contribution in [0.5, 0.6) is 0 Å². The lowest BCUT2D eigenvalue weighted by atomic mass is 9.74. The van der Waals surface area contributed by atoms with Gasteiger partial charge in [-0.1, -0.05) is 25.0 Å². The molecule has 16 heavy (non-hydrogen) atoms. The number of aryl methyl sites for hydroxylation is 1. The highest BCUT2D eigenvalue weighted by Gasteiger charge is 2.39. The molecule has 0 bridgehead atoms. The number of hydrogen-bond donors (Lipinski definition) is 1. The first-order valence-corrected chi connectivity index (χ1v) is 5.71. The van der Waals surface area contributed by atoms with Gasteiger partial charge < -0.3 is 5.73 Å². The number of ketones is 1. The van der Waals surface area contributed by atoms with Crippen LogP contribution in [0.1, 0.15) is 43.1 Å². The third-order valence-corrected chi connectivity index (χ3v) is 3.43. The molecule has 5 nitrogen and oxygen atoms in total. The van der Waals surface area contributed by atoms with Gasteiger partial charge in [0.2, 0.25) is 5.78 Å². The molecule has 0 aliphatic heterocycles. The van der Waals surface area contributed by atoms with Crippen LogP contribution in [0.4, 0.5) is 0 Å². The quantitative estimate of drug-likeness (QED) is 0.755. The number of hydrogen-bond acceptors (Lipinski definition) is 4. The lowest BCUT2D eigenvalue weighted by molar-refractivity contribution is 0.0809. The van der Waals surface area contributed by atoms with Gasteiger partial charge in [-0.3, -0.25) is 4.79 Å². The highest BCUT2D eigenvalue weighted by molar-refractivity contribution is 6.01. The maximum atomic E-state index is 12.3. The maximum absolute atomic E-state index is 12.3. The molecule has 0 spiro atoms. The second kappa shape index (κ2) is 3.97. The molecule has 1 aromatic heterocycles. The fourth-order valence-electron chi connectivity index (χ4n) is 2.55. The van der Waals surface area contributed by atoms with Crippen LogP contribution in [-0.4, -0.2) is 26.3 Å². The van der Waals surface area contributed by atoms with Gasteiger partial charge in [-0.25, -0.2) is 4.68 Å². The molecular weight excluding hydrogens is 204 g/mol. The van der Waals surface area contributed by atoms with Gasteiger partial charge in [0.05, 0.1) is 11.7 Å². The van der Waals surface area contributed by atoms with E-state index in [0.717, 1.165) is 25.7 Å². The minimum atomic E-state index is -0.715. The standard InChI is InChI=1S/C11H18N4O/c1-8-4-3-5-11(12,6-8)10(16)9-7-13-14-15(9)2/h7-8H,3-6,12H2,1-2H3. The second-order valence-electron chi connectivity index (χ2n) is 4.93. The maximum Gasteiger partial charge on any atom is 0.202 e. The lowest BCUT2D eigenvalue weighted by Crippen LogP contribution is -2.51. The summed E-state index contributed by atoms with van der Waals surface area (Å²) in [5.74, 6) is 0.496. The van der Waals surface area contributed by atoms with Crippen LogP contribution >= 0.6 is 0 Å². The first kappa shape index (κ1) is 11.3. The Morgan fingerprint density at radius 1 is 1.69 bits per heavy atom. The summed E-state index contributed by atoms with van der Waals surface area (Å²) in [5, 5.41) is 7.50. The monoisotopic (exact) mass is 222 g/mol. The van der Waals surface area contributed by atoms with Crippen LogP contribution in [0.2, 0.25) is 0 Å². The van der Waals surface area contributed by atoms with Gasteiger partial charge in [0.15, 0.2) is 0 Å². The molecule has 2 atom stereocenters. The van der Waals surface area contributed by atoms with E-state index in [2.05, 4.69) is 17.2 Å². The summed E-state index contributed by atoms with van der Waals surface area (Å²) in [6.45, 7) is 2.15. The number of nitrogens with two attached hydrogens (primary N) is 1. The van der Waals surface area contributed by atoms with Crippen LogP contribution in [0, 0.1) is 5.92 Å². The first-order valence-electron chi connectivity index (χ1n) is 5.71. The molecule has 0 amide bonds. The number of nitrogens with zero attached hydrogens (tertiary/aromatic N) is 3. The number of carbonyl (C=O) groups is 1. The van der Waals surface area contributed by atoms with E-state index in [9.17, 15) is 4.79 Å². The van der Waals surface area contributed by atoms with E-state index in [0.29, 0.717) is 11.6 Å². The Hall–Kier alpha value is -1.23. The smallest absolute Gasteiger partial charge is 0.202 e. The van der Waals surface area contributed by atoms with Crippen LogP contribution in [0.25, 0.3) is 0 Å². The van der Waals surface area contributed by atoms with Gasteiger partial charge in [0, 0.05) is 7.05 Å². The van der Waals surface area contributed by atoms with Gasteiger partial charge in [-0.2, -0.15) is 0 Å². The van der Waals surface area contributed by atoms with Crippen molar-refractivity contribution in [1.29, 1.82) is 0 Å². The Kier molecular flexibility index (Phi) is 2.80. The summed E-state index contributed by atoms with van der Waals surface area (Å²) in [6.07, 6.45) is 5.21. The van der Waals surface area contributed by atoms with E-state index in [1.807, 2.05) is 0 Å². The van der Waals surface area contributed by atoms with Crippen molar-refractivity contribution in [2.24, 2.45) is 18.7 Å². The fourth-order valence-corrected chi connectivity index (χ4v) is 2.55. The predicted octanol–water partition coefficient (Wildman–Crippen LogP) is 0.905. The molecule has 1 aliphatic rings. The van der Waals surface area contributed by atoms with Crippen molar-refractivity contribution >= 4 is 5.78 Å². The summed E-state index contributed by atoms with van der Waals surface area (Å²) in [4.78, 5) is 12.3. The number of aromatic nitrogens is 3. The van der Waals surface area contributed by atoms with E-state index in [-0.39, 0.29) is 5.78 Å². The van der Waals surface area contributed by atoms with Crippen LogP contribution < -0.4 is 5.73 Å². The van der Waals surface area contributed by atoms with Crippen molar-refractivity contribution in [3.63, 3.8) is 0 Å². The summed E-state index contributed by atoms with van der Waals surface area (Å²) in [7, 11) is 1.72. The molecular formula is C11H18N4O. The number of rotatable bonds is 2. The largest absolute Gasteiger partial charge is 0.319 e. The molecule has 2 rings (SSSR count). The average molecular weight is 222 g/mol. The Morgan fingerprint density at radius 2 is 2.44 bits per heavy atom. The summed E-state index contributed by atoms with van der Waals surface area (Å²) >= 11 is 0. The topological polar surface area (TPSA) is 73.8 Å². The molecule has 1 fully saturated rings. The van der Waals surface area contributed by atoms with Crippen LogP contribution in [0.15, 0.2) is 6.20 Å². The third-order valence-electron chi connectivity index (χ3n) is 3.43. The molecule has 1 heterocycles. The number of carbonyl (C=O) groups excluding carboxylic acids is 1. The predicted molar refractivity (Wildman–Crippen MR) is 59.9 cm³/mol. The first-order chi connectivity index (χ1) is 7.53. The van der Waals surface area contributed by atoms with Crippen molar-refractivity contribution in [2.45, 2.75) is 38.1 Å². The molecule has 0 radical (unpaired) electrons. The Bertz CT molecular complexity index is 400. The second-order valence-corrected chi connectivity index (χ2v) is 4.93. The zero-order valence-corrected chi connectivity index (χ0v) is 9.81. The van der Waals surface area contributed by atoms with E-state index in [4.69, 9.17) is 5.73 Å². The highest BCUT2D eigenvalue weighted by atomic mass is 16.1. The van der Waals surface area contributed by atoms with E-state index in [1.165, 1.54) is 10.9 Å². The van der Waals surface area contributed by atoms with Crippen molar-refractivity contribution in [2.75, 3.05) is 0 Å². The SMILES string of the molecule is CC1CCCC(N)(C(=O)c2cnnn2C)C1. The zero-order chi connectivity index (χ0) is 11.8. The summed E-state index contributed by atoms with van der Waals surface area (Å²) in [6, 6.07) is 0. The van der Waals surface area contributed by atoms with E-state index in [1.54, 1.807) is 7.05 Å². The molecule has 0 aromatic carbocycles. The fraction of sp³-hybridized carbons (Fsp3) is 0.727. The Morgan fingerprint density at radius 3 is 3.00 bits per heavy atom. The van der Waals surface area contributed by atoms with E-state index >= 15 is 0 Å². The van der Waals surface area contributed by atoms with Crippen LogP contribution in [-0.2, 0) is 7.05 Å². The molecule has 0 saturated heterocycles. The minimum Gasteiger partial charge on any atom is -0.319 e. The molecule has 1 saturated carbocycles. The minimum absolute atomic E-state index is 0.0217. The number of Topliss-reactive ketones (excluding diaryl/α,β-unsaturated/α-hetero) is 1. The molecule has 88 valence electrons. The summed E-state index contributed by atoms with van der Waals surface area (Å²) in [5.41, 5.74) is 6.03. The van der Waals surface area contributed by atoms with Gasteiger partial charge >= 0.3 is 0 Å². The van der Waals surface area contributed by atoms with Gasteiger partial charge in [-0.15, -0.1) is 5.10 Å². The highest BCUT2D eigenvalue weighted by Crippen LogP contribution is 2.32. The summed E-state index contributed by atoms with van der Waals surface area (Å²) < 4.78 is 1.50. The van der Waals surface area contributed by atoms with E-state index < -0.39 is 5.54 Å². The van der Waals surface area contributed by atoms with Crippen molar-refractivity contribution < 1.29 is 4.79 Å². The van der Waals surface area contributed by atoms with Crippen molar-refractivity contribution in [3.8, 4) is 0 Å². The molecule has 1 aliphatic carbocycles. The van der Waals surface area contributed by atoms with Gasteiger partial charge in [0.1, 0.15) is 5.69 Å². The van der Waals surface area contributed by atoms with Crippen molar-refractivity contribution in [1.82, 2.24) is 15.0 Å². The molecule has 2 unspecified atom stereocenters. The molecule has 1 aromatic rings. The van der Waals surface area contributed by atoms with Gasteiger partial charge in [0.25, 0.3) is 0 Å². The van der Waals surface area contributed by atoms with Crippen molar-refractivity contribution in [3.05, 3.63) is 11.9 Å². The molecule has 2 N–H and O–H groups in total.